The van der Waals surface area contributed by atoms with Crippen LogP contribution in [0, 0.1) is 0 Å². The van der Waals surface area contributed by atoms with Crippen LogP contribution in [0.25, 0.3) is 0 Å². The molecule has 3 heteroatoms. The van der Waals surface area contributed by atoms with E-state index in [1.54, 1.807) is 0 Å². The van der Waals surface area contributed by atoms with Crippen LogP contribution >= 0.6 is 15.9 Å². The summed E-state index contributed by atoms with van der Waals surface area (Å²) in [6, 6.07) is 0.534. The van der Waals surface area contributed by atoms with Gasteiger partial charge in [0.1, 0.15) is 6.10 Å². The highest BCUT2D eigenvalue weighted by molar-refractivity contribution is 9.09. The molecule has 3 atom stereocenters. The maximum Gasteiger partial charge on any atom is 0.180 e. The molecule has 1 saturated carbocycles. The van der Waals surface area contributed by atoms with Gasteiger partial charge in [-0.05, 0) is 19.3 Å². The molecule has 0 aromatic rings. The highest BCUT2D eigenvalue weighted by Crippen LogP contribution is 2.30. The zero-order chi connectivity index (χ0) is 8.55. The molecule has 0 spiro atoms. The Labute approximate surface area is 81.5 Å². The normalized spacial score (nSPS) is 41.2. The number of rotatable bonds is 0. The lowest BCUT2D eigenvalue weighted by molar-refractivity contribution is 0.148. The van der Waals surface area contributed by atoms with Crippen molar-refractivity contribution in [2.24, 2.45) is 4.99 Å². The second-order valence-corrected chi connectivity index (χ2v) is 4.98. The summed E-state index contributed by atoms with van der Waals surface area (Å²) >= 11 is 3.66. The van der Waals surface area contributed by atoms with Gasteiger partial charge in [0.15, 0.2) is 5.90 Å². The van der Waals surface area contributed by atoms with Crippen molar-refractivity contribution in [1.82, 2.24) is 0 Å². The molecule has 0 amide bonds. The van der Waals surface area contributed by atoms with Crippen LogP contribution in [0.2, 0.25) is 0 Å². The molecule has 2 bridgehead atoms. The molecule has 3 unspecified atom stereocenters. The Morgan fingerprint density at radius 3 is 3.08 bits per heavy atom. The zero-order valence-electron chi connectivity index (χ0n) is 7.29. The molecule has 2 nitrogen and oxygen atoms in total. The lowest BCUT2D eigenvalue weighted by Gasteiger charge is -2.25. The molecule has 1 heterocycles. The van der Waals surface area contributed by atoms with E-state index in [1.807, 2.05) is 6.92 Å². The van der Waals surface area contributed by atoms with Crippen molar-refractivity contribution in [3.05, 3.63) is 0 Å². The van der Waals surface area contributed by atoms with Gasteiger partial charge in [0, 0.05) is 18.2 Å². The van der Waals surface area contributed by atoms with Gasteiger partial charge in [-0.2, -0.15) is 0 Å². The van der Waals surface area contributed by atoms with Gasteiger partial charge < -0.3 is 4.74 Å². The first-order valence-electron chi connectivity index (χ1n) is 4.59. The van der Waals surface area contributed by atoms with Crippen molar-refractivity contribution < 1.29 is 4.74 Å². The number of halogens is 1. The third-order valence-electron chi connectivity index (χ3n) is 2.57. The zero-order valence-corrected chi connectivity index (χ0v) is 8.88. The predicted octanol–water partition coefficient (Wildman–Crippen LogP) is 2.51. The van der Waals surface area contributed by atoms with Crippen molar-refractivity contribution in [3.63, 3.8) is 0 Å². The van der Waals surface area contributed by atoms with Crippen molar-refractivity contribution >= 4 is 21.8 Å². The summed E-state index contributed by atoms with van der Waals surface area (Å²) < 4.78 is 5.63. The van der Waals surface area contributed by atoms with Crippen LogP contribution in [0.1, 0.15) is 32.6 Å². The average Bonchev–Trinajstić information content (AvgIpc) is 2.10. The van der Waals surface area contributed by atoms with E-state index in [0.717, 1.165) is 18.7 Å². The lowest BCUT2D eigenvalue weighted by Crippen LogP contribution is -2.27. The molecule has 0 aromatic carbocycles. The number of hydrogen-bond donors (Lipinski definition) is 0. The average molecular weight is 232 g/mol. The molecule has 68 valence electrons. The minimum Gasteiger partial charge on any atom is -0.478 e. The maximum absolute atomic E-state index is 5.63. The summed E-state index contributed by atoms with van der Waals surface area (Å²) in [5.41, 5.74) is 0. The van der Waals surface area contributed by atoms with Crippen LogP contribution in [0.5, 0.6) is 0 Å². The fourth-order valence-corrected chi connectivity index (χ4v) is 2.72. The van der Waals surface area contributed by atoms with Crippen molar-refractivity contribution in [2.45, 2.75) is 49.6 Å². The second kappa shape index (κ2) is 3.36. The van der Waals surface area contributed by atoms with E-state index in [9.17, 15) is 0 Å². The molecule has 0 saturated heterocycles. The number of alkyl halides is 1. The Balaban J connectivity index is 2.10. The number of aliphatic imine (C=N–C) groups is 1. The molecule has 0 aromatic heterocycles. The van der Waals surface area contributed by atoms with E-state index >= 15 is 0 Å². The first-order valence-corrected chi connectivity index (χ1v) is 5.51. The SMILES string of the molecule is CC1=NC2CCC(Br)CC(C2)O1. The smallest absolute Gasteiger partial charge is 0.180 e. The number of ether oxygens (including phenoxy) is 1. The lowest BCUT2D eigenvalue weighted by atomic mass is 10.1. The molecule has 0 N–H and O–H groups in total. The van der Waals surface area contributed by atoms with Crippen molar-refractivity contribution in [1.29, 1.82) is 0 Å². The molecule has 1 aliphatic carbocycles. The largest absolute Gasteiger partial charge is 0.478 e. The van der Waals surface area contributed by atoms with Gasteiger partial charge in [0.2, 0.25) is 0 Å². The van der Waals surface area contributed by atoms with Crippen LogP contribution in [-0.4, -0.2) is 22.9 Å². The van der Waals surface area contributed by atoms with E-state index in [4.69, 9.17) is 4.74 Å². The molecule has 12 heavy (non-hydrogen) atoms. The maximum atomic E-state index is 5.63. The van der Waals surface area contributed by atoms with Gasteiger partial charge in [-0.1, -0.05) is 15.9 Å². The first kappa shape index (κ1) is 8.54. The number of fused-ring (bicyclic) bond motifs is 2. The third-order valence-corrected chi connectivity index (χ3v) is 3.40. The fourth-order valence-electron chi connectivity index (χ4n) is 2.04. The fraction of sp³-hybridized carbons (Fsp3) is 0.889. The topological polar surface area (TPSA) is 21.6 Å². The van der Waals surface area contributed by atoms with E-state index in [2.05, 4.69) is 20.9 Å². The van der Waals surface area contributed by atoms with Gasteiger partial charge in [0.05, 0.1) is 6.04 Å². The van der Waals surface area contributed by atoms with Gasteiger partial charge in [0.25, 0.3) is 0 Å². The summed E-state index contributed by atoms with van der Waals surface area (Å²) in [6.45, 7) is 1.97. The third kappa shape index (κ3) is 1.82. The Bertz CT molecular complexity index is 205. The summed E-state index contributed by atoms with van der Waals surface area (Å²) in [7, 11) is 0. The molecule has 2 rings (SSSR count). The molecule has 2 aliphatic rings. The van der Waals surface area contributed by atoms with Crippen LogP contribution in [-0.2, 0) is 4.74 Å². The predicted molar refractivity (Wildman–Crippen MR) is 53.0 cm³/mol. The van der Waals surface area contributed by atoms with Crippen LogP contribution < -0.4 is 0 Å². The van der Waals surface area contributed by atoms with Crippen LogP contribution in [0.15, 0.2) is 4.99 Å². The Morgan fingerprint density at radius 2 is 2.25 bits per heavy atom. The van der Waals surface area contributed by atoms with Gasteiger partial charge in [-0.25, -0.2) is 0 Å². The summed E-state index contributed by atoms with van der Waals surface area (Å²) in [4.78, 5) is 5.10. The van der Waals surface area contributed by atoms with E-state index in [0.29, 0.717) is 17.0 Å². The summed E-state index contributed by atoms with van der Waals surface area (Å²) in [5, 5.41) is 0. The van der Waals surface area contributed by atoms with E-state index in [1.165, 1.54) is 12.8 Å². The molecule has 1 aliphatic heterocycles. The first-order chi connectivity index (χ1) is 5.74. The van der Waals surface area contributed by atoms with E-state index < -0.39 is 0 Å². The second-order valence-electron chi connectivity index (χ2n) is 3.69. The van der Waals surface area contributed by atoms with Crippen molar-refractivity contribution in [2.75, 3.05) is 0 Å². The van der Waals surface area contributed by atoms with Gasteiger partial charge in [-0.3, -0.25) is 4.99 Å². The molecule has 1 fully saturated rings. The number of hydrogen-bond acceptors (Lipinski definition) is 2. The Morgan fingerprint density at radius 1 is 1.42 bits per heavy atom. The minimum absolute atomic E-state index is 0.416. The summed E-state index contributed by atoms with van der Waals surface area (Å²) in [5.74, 6) is 0.887. The Hall–Kier alpha value is -0.0500. The molecule has 0 radical (unpaired) electrons. The number of nitrogens with zero attached hydrogens (tertiary/aromatic N) is 1. The summed E-state index contributed by atoms with van der Waals surface area (Å²) in [6.07, 6.45) is 5.14. The van der Waals surface area contributed by atoms with Gasteiger partial charge in [-0.15, -0.1) is 0 Å². The highest BCUT2D eigenvalue weighted by Gasteiger charge is 2.28. The molecular formula is C9H14BrNO. The Kier molecular flexibility index (Phi) is 2.40. The van der Waals surface area contributed by atoms with Crippen LogP contribution in [0.4, 0.5) is 0 Å². The molecular weight excluding hydrogens is 218 g/mol. The quantitative estimate of drug-likeness (QED) is 0.588. The van der Waals surface area contributed by atoms with Gasteiger partial charge >= 0.3 is 0 Å². The monoisotopic (exact) mass is 231 g/mol. The highest BCUT2D eigenvalue weighted by atomic mass is 79.9. The van der Waals surface area contributed by atoms with Crippen molar-refractivity contribution in [3.8, 4) is 0 Å². The van der Waals surface area contributed by atoms with Crippen LogP contribution in [0.3, 0.4) is 0 Å². The minimum atomic E-state index is 0.416. The van der Waals surface area contributed by atoms with E-state index in [-0.39, 0.29) is 0 Å². The standard InChI is InChI=1S/C9H14BrNO/c1-6-11-8-3-2-7(10)4-9(5-8)12-6/h7-9H,2-5H2,1H3.